The van der Waals surface area contributed by atoms with Crippen molar-refractivity contribution in [2.45, 2.75) is 18.8 Å². The van der Waals surface area contributed by atoms with Gasteiger partial charge in [0.05, 0.1) is 19.8 Å². The van der Waals surface area contributed by atoms with Gasteiger partial charge < -0.3 is 14.5 Å². The summed E-state index contributed by atoms with van der Waals surface area (Å²) >= 11 is 1.38. The Morgan fingerprint density at radius 2 is 2.21 bits per heavy atom. The maximum Gasteiger partial charge on any atom is 0.242 e. The highest BCUT2D eigenvalue weighted by atomic mass is 32.1. The second-order valence-corrected chi connectivity index (χ2v) is 5.79. The maximum absolute atomic E-state index is 12.1. The standard InChI is InChI=1S/C12H18N4O2S/c1-15(8-10(17)16-4-6-18-7-5-16)12-13-11(14-19-12)9-2-3-9/h9H,2-8H2,1H3. The van der Waals surface area contributed by atoms with Gasteiger partial charge in [0.1, 0.15) is 5.82 Å². The SMILES string of the molecule is CN(CC(=O)N1CCOCC1)c1nc(C2CC2)ns1. The molecule has 0 spiro atoms. The Balaban J connectivity index is 1.56. The summed E-state index contributed by atoms with van der Waals surface area (Å²) in [5.74, 6) is 1.65. The van der Waals surface area contributed by atoms with Crippen molar-refractivity contribution in [2.75, 3.05) is 44.8 Å². The van der Waals surface area contributed by atoms with E-state index in [-0.39, 0.29) is 5.91 Å². The summed E-state index contributed by atoms with van der Waals surface area (Å²) in [5.41, 5.74) is 0. The first kappa shape index (κ1) is 12.8. The van der Waals surface area contributed by atoms with Crippen LogP contribution in [0, 0.1) is 0 Å². The van der Waals surface area contributed by atoms with E-state index in [2.05, 4.69) is 9.36 Å². The molecule has 0 atom stereocenters. The van der Waals surface area contributed by atoms with E-state index < -0.39 is 0 Å². The van der Waals surface area contributed by atoms with E-state index in [1.54, 1.807) is 0 Å². The highest BCUT2D eigenvalue weighted by Crippen LogP contribution is 2.39. The Morgan fingerprint density at radius 1 is 1.47 bits per heavy atom. The fraction of sp³-hybridized carbons (Fsp3) is 0.750. The second kappa shape index (κ2) is 5.42. The Labute approximate surface area is 116 Å². The minimum absolute atomic E-state index is 0.133. The second-order valence-electron chi connectivity index (χ2n) is 5.06. The molecule has 0 N–H and O–H groups in total. The molecule has 0 unspecified atom stereocenters. The zero-order valence-electron chi connectivity index (χ0n) is 11.0. The number of amides is 1. The first-order valence-corrected chi connectivity index (χ1v) is 7.41. The van der Waals surface area contributed by atoms with Gasteiger partial charge in [-0.3, -0.25) is 4.79 Å². The number of carbonyl (C=O) groups is 1. The third-order valence-corrected chi connectivity index (χ3v) is 4.28. The number of likely N-dealkylation sites (N-methyl/N-ethyl adjacent to an activating group) is 1. The van der Waals surface area contributed by atoms with E-state index in [0.29, 0.717) is 38.8 Å². The molecule has 7 heteroatoms. The predicted molar refractivity (Wildman–Crippen MR) is 72.6 cm³/mol. The Hall–Kier alpha value is -1.21. The summed E-state index contributed by atoms with van der Waals surface area (Å²) in [6.45, 7) is 3.02. The van der Waals surface area contributed by atoms with Crippen LogP contribution >= 0.6 is 11.5 Å². The number of hydrogen-bond acceptors (Lipinski definition) is 6. The van der Waals surface area contributed by atoms with E-state index in [9.17, 15) is 4.79 Å². The molecule has 0 radical (unpaired) electrons. The molecule has 3 rings (SSSR count). The summed E-state index contributed by atoms with van der Waals surface area (Å²) in [6.07, 6.45) is 2.40. The molecular formula is C12H18N4O2S. The van der Waals surface area contributed by atoms with Crippen molar-refractivity contribution in [3.8, 4) is 0 Å². The predicted octanol–water partition coefficient (Wildman–Crippen LogP) is 0.710. The van der Waals surface area contributed by atoms with E-state index in [1.807, 2.05) is 16.8 Å². The average molecular weight is 282 g/mol. The van der Waals surface area contributed by atoms with Crippen LogP contribution in [0.3, 0.4) is 0 Å². The molecule has 0 aromatic carbocycles. The molecule has 19 heavy (non-hydrogen) atoms. The van der Waals surface area contributed by atoms with Crippen molar-refractivity contribution < 1.29 is 9.53 Å². The Kier molecular flexibility index (Phi) is 3.65. The van der Waals surface area contributed by atoms with Gasteiger partial charge in [0.2, 0.25) is 11.0 Å². The smallest absolute Gasteiger partial charge is 0.242 e. The fourth-order valence-electron chi connectivity index (χ4n) is 2.07. The zero-order chi connectivity index (χ0) is 13.2. The third-order valence-electron chi connectivity index (χ3n) is 3.44. The maximum atomic E-state index is 12.1. The van der Waals surface area contributed by atoms with Gasteiger partial charge in [0.15, 0.2) is 0 Å². The van der Waals surface area contributed by atoms with E-state index in [4.69, 9.17) is 4.74 Å². The Morgan fingerprint density at radius 3 is 2.89 bits per heavy atom. The van der Waals surface area contributed by atoms with Crippen LogP contribution in [0.2, 0.25) is 0 Å². The molecule has 1 aromatic rings. The lowest BCUT2D eigenvalue weighted by atomic mass is 10.4. The highest BCUT2D eigenvalue weighted by molar-refractivity contribution is 7.09. The molecule has 1 amide bonds. The van der Waals surface area contributed by atoms with Crippen LogP contribution in [0.5, 0.6) is 0 Å². The molecule has 2 heterocycles. The number of rotatable bonds is 4. The first-order valence-electron chi connectivity index (χ1n) is 6.64. The van der Waals surface area contributed by atoms with Crippen LogP contribution in [-0.2, 0) is 9.53 Å². The number of anilines is 1. The van der Waals surface area contributed by atoms with Crippen LogP contribution in [0.25, 0.3) is 0 Å². The number of nitrogens with zero attached hydrogens (tertiary/aromatic N) is 4. The molecule has 1 aromatic heterocycles. The lowest BCUT2D eigenvalue weighted by Gasteiger charge is -2.28. The van der Waals surface area contributed by atoms with Gasteiger partial charge >= 0.3 is 0 Å². The van der Waals surface area contributed by atoms with Crippen molar-refractivity contribution in [3.05, 3.63) is 5.82 Å². The van der Waals surface area contributed by atoms with Crippen LogP contribution in [0.1, 0.15) is 24.6 Å². The van der Waals surface area contributed by atoms with Gasteiger partial charge in [-0.1, -0.05) is 0 Å². The van der Waals surface area contributed by atoms with E-state index in [0.717, 1.165) is 11.0 Å². The van der Waals surface area contributed by atoms with Crippen molar-refractivity contribution in [1.82, 2.24) is 14.3 Å². The normalized spacial score (nSPS) is 19.5. The molecular weight excluding hydrogens is 264 g/mol. The van der Waals surface area contributed by atoms with Crippen molar-refractivity contribution >= 4 is 22.6 Å². The summed E-state index contributed by atoms with van der Waals surface area (Å²) < 4.78 is 9.61. The number of morpholine rings is 1. The Bertz CT molecular complexity index is 454. The molecule has 1 saturated carbocycles. The van der Waals surface area contributed by atoms with Crippen LogP contribution in [0.4, 0.5) is 5.13 Å². The summed E-state index contributed by atoms with van der Waals surface area (Å²) in [6, 6.07) is 0. The molecule has 1 aliphatic heterocycles. The van der Waals surface area contributed by atoms with Crippen LogP contribution in [0.15, 0.2) is 0 Å². The van der Waals surface area contributed by atoms with Gasteiger partial charge in [-0.05, 0) is 12.8 Å². The quantitative estimate of drug-likeness (QED) is 0.814. The number of hydrogen-bond donors (Lipinski definition) is 0. The van der Waals surface area contributed by atoms with Gasteiger partial charge in [0, 0.05) is 37.6 Å². The minimum Gasteiger partial charge on any atom is -0.378 e. The molecule has 104 valence electrons. The fourth-order valence-corrected chi connectivity index (χ4v) is 2.78. The van der Waals surface area contributed by atoms with Crippen LogP contribution in [-0.4, -0.2) is 60.1 Å². The summed E-state index contributed by atoms with van der Waals surface area (Å²) in [7, 11) is 1.90. The highest BCUT2D eigenvalue weighted by Gasteiger charge is 2.28. The number of aromatic nitrogens is 2. The molecule has 2 aliphatic rings. The third kappa shape index (κ3) is 3.03. The van der Waals surface area contributed by atoms with E-state index >= 15 is 0 Å². The summed E-state index contributed by atoms with van der Waals surface area (Å²) in [4.78, 5) is 20.4. The number of carbonyl (C=O) groups excluding carboxylic acids is 1. The minimum atomic E-state index is 0.133. The van der Waals surface area contributed by atoms with Crippen molar-refractivity contribution in [1.29, 1.82) is 0 Å². The van der Waals surface area contributed by atoms with Gasteiger partial charge in [-0.15, -0.1) is 0 Å². The van der Waals surface area contributed by atoms with Gasteiger partial charge in [0.25, 0.3) is 0 Å². The molecule has 2 fully saturated rings. The summed E-state index contributed by atoms with van der Waals surface area (Å²) in [5, 5.41) is 0.837. The molecule has 0 bridgehead atoms. The monoisotopic (exact) mass is 282 g/mol. The average Bonchev–Trinajstić information content (AvgIpc) is 3.17. The largest absolute Gasteiger partial charge is 0.378 e. The van der Waals surface area contributed by atoms with Gasteiger partial charge in [-0.25, -0.2) is 4.98 Å². The van der Waals surface area contributed by atoms with Crippen molar-refractivity contribution in [3.63, 3.8) is 0 Å². The molecule has 1 saturated heterocycles. The zero-order valence-corrected chi connectivity index (χ0v) is 11.9. The van der Waals surface area contributed by atoms with Crippen LogP contribution < -0.4 is 4.90 Å². The van der Waals surface area contributed by atoms with E-state index in [1.165, 1.54) is 24.4 Å². The molecule has 1 aliphatic carbocycles. The lowest BCUT2D eigenvalue weighted by molar-refractivity contribution is -0.133. The topological polar surface area (TPSA) is 58.6 Å². The first-order chi connectivity index (χ1) is 9.24. The lowest BCUT2D eigenvalue weighted by Crippen LogP contribution is -2.45. The van der Waals surface area contributed by atoms with Crippen molar-refractivity contribution in [2.24, 2.45) is 0 Å². The number of ether oxygens (including phenoxy) is 1. The molecule has 6 nitrogen and oxygen atoms in total. The van der Waals surface area contributed by atoms with Gasteiger partial charge in [-0.2, -0.15) is 4.37 Å².